The highest BCUT2D eigenvalue weighted by molar-refractivity contribution is 5.66. The van der Waals surface area contributed by atoms with Crippen molar-refractivity contribution in [1.82, 2.24) is 9.88 Å². The fourth-order valence-electron chi connectivity index (χ4n) is 2.92. The maximum atomic E-state index is 14.3. The van der Waals surface area contributed by atoms with Crippen molar-refractivity contribution in [1.29, 1.82) is 0 Å². The molecule has 1 aromatic heterocycles. The third-order valence-electron chi connectivity index (χ3n) is 4.16. The molecule has 0 spiro atoms. The summed E-state index contributed by atoms with van der Waals surface area (Å²) in [6.45, 7) is 4.90. The van der Waals surface area contributed by atoms with Crippen LogP contribution in [0.25, 0.3) is 16.9 Å². The van der Waals surface area contributed by atoms with Crippen LogP contribution in [0.15, 0.2) is 54.6 Å². The number of rotatable bonds is 4. The summed E-state index contributed by atoms with van der Waals surface area (Å²) in [6, 6.07) is 17.3. The van der Waals surface area contributed by atoms with Crippen LogP contribution in [0.1, 0.15) is 16.8 Å². The van der Waals surface area contributed by atoms with Gasteiger partial charge in [-0.25, -0.2) is 4.39 Å². The Morgan fingerprint density at radius 1 is 1.00 bits per heavy atom. The van der Waals surface area contributed by atoms with Crippen LogP contribution < -0.4 is 5.32 Å². The van der Waals surface area contributed by atoms with E-state index in [1.807, 2.05) is 19.2 Å². The number of halogens is 1. The Balaban J connectivity index is 2.24. The summed E-state index contributed by atoms with van der Waals surface area (Å²) in [5.41, 5.74) is 6.07. The van der Waals surface area contributed by atoms with E-state index in [9.17, 15) is 4.39 Å². The van der Waals surface area contributed by atoms with Gasteiger partial charge in [-0.15, -0.1) is 0 Å². The Kier molecular flexibility index (Phi) is 4.30. The zero-order chi connectivity index (χ0) is 16.4. The van der Waals surface area contributed by atoms with Gasteiger partial charge in [0.2, 0.25) is 0 Å². The van der Waals surface area contributed by atoms with Crippen molar-refractivity contribution >= 4 is 0 Å². The van der Waals surface area contributed by atoms with Gasteiger partial charge in [-0.2, -0.15) is 0 Å². The van der Waals surface area contributed by atoms with E-state index >= 15 is 0 Å². The second-order valence-electron chi connectivity index (χ2n) is 5.82. The van der Waals surface area contributed by atoms with Crippen molar-refractivity contribution in [2.45, 2.75) is 20.4 Å². The topological polar surface area (TPSA) is 17.0 Å². The van der Waals surface area contributed by atoms with Gasteiger partial charge in [0.25, 0.3) is 0 Å². The van der Waals surface area contributed by atoms with E-state index in [2.05, 4.69) is 54.1 Å². The van der Waals surface area contributed by atoms with Gasteiger partial charge in [0.15, 0.2) is 0 Å². The highest BCUT2D eigenvalue weighted by atomic mass is 19.1. The normalized spacial score (nSPS) is 11.0. The van der Waals surface area contributed by atoms with Gasteiger partial charge in [0.05, 0.1) is 5.69 Å². The molecule has 118 valence electrons. The Hall–Kier alpha value is -2.39. The number of nitrogens with zero attached hydrogens (tertiary/aromatic N) is 1. The lowest BCUT2D eigenvalue weighted by atomic mass is 10.1. The minimum absolute atomic E-state index is 0.200. The summed E-state index contributed by atoms with van der Waals surface area (Å²) in [5, 5.41) is 3.18. The van der Waals surface area contributed by atoms with E-state index in [1.54, 1.807) is 6.07 Å². The number of aryl methyl sites for hydroxylation is 1. The number of benzene rings is 2. The van der Waals surface area contributed by atoms with Crippen LogP contribution in [-0.4, -0.2) is 11.6 Å². The molecule has 0 aliphatic carbocycles. The molecule has 23 heavy (non-hydrogen) atoms. The van der Waals surface area contributed by atoms with Crippen molar-refractivity contribution in [3.05, 3.63) is 77.2 Å². The average Bonchev–Trinajstić information content (AvgIpc) is 2.86. The molecule has 0 unspecified atom stereocenters. The van der Waals surface area contributed by atoms with Crippen LogP contribution >= 0.6 is 0 Å². The van der Waals surface area contributed by atoms with E-state index in [1.165, 1.54) is 17.2 Å². The molecule has 0 saturated heterocycles. The Morgan fingerprint density at radius 3 is 2.35 bits per heavy atom. The molecule has 0 atom stereocenters. The van der Waals surface area contributed by atoms with Crippen LogP contribution in [0, 0.1) is 19.7 Å². The molecule has 1 heterocycles. The molecule has 3 heteroatoms. The lowest BCUT2D eigenvalue weighted by Crippen LogP contribution is -2.06. The number of hydrogen-bond donors (Lipinski definition) is 1. The first-order chi connectivity index (χ1) is 11.1. The summed E-state index contributed by atoms with van der Waals surface area (Å²) < 4.78 is 16.5. The molecule has 1 N–H and O–H groups in total. The SMILES string of the molecule is CNCc1cc(-c2ccccc2F)n(-c2ccc(C)cc2)c1C. The van der Waals surface area contributed by atoms with Crippen molar-refractivity contribution in [3.8, 4) is 16.9 Å². The first kappa shape index (κ1) is 15.5. The first-order valence-electron chi connectivity index (χ1n) is 7.79. The van der Waals surface area contributed by atoms with Gasteiger partial charge in [0.1, 0.15) is 5.82 Å². The zero-order valence-corrected chi connectivity index (χ0v) is 13.7. The highest BCUT2D eigenvalue weighted by Gasteiger charge is 2.16. The molecule has 0 fully saturated rings. The van der Waals surface area contributed by atoms with Crippen LogP contribution in [0.3, 0.4) is 0 Å². The predicted octanol–water partition coefficient (Wildman–Crippen LogP) is 4.62. The molecule has 0 amide bonds. The van der Waals surface area contributed by atoms with E-state index in [4.69, 9.17) is 0 Å². The number of hydrogen-bond acceptors (Lipinski definition) is 1. The summed E-state index contributed by atoms with van der Waals surface area (Å²) in [6.07, 6.45) is 0. The van der Waals surface area contributed by atoms with Crippen LogP contribution in [0.4, 0.5) is 4.39 Å². The van der Waals surface area contributed by atoms with Crippen LogP contribution in [0.5, 0.6) is 0 Å². The molecule has 0 saturated carbocycles. The quantitative estimate of drug-likeness (QED) is 0.744. The lowest BCUT2D eigenvalue weighted by Gasteiger charge is -2.13. The number of aromatic nitrogens is 1. The zero-order valence-electron chi connectivity index (χ0n) is 13.7. The molecule has 3 rings (SSSR count). The monoisotopic (exact) mass is 308 g/mol. The van der Waals surface area contributed by atoms with Crippen molar-refractivity contribution in [2.75, 3.05) is 7.05 Å². The molecule has 0 aliphatic rings. The minimum atomic E-state index is -0.200. The lowest BCUT2D eigenvalue weighted by molar-refractivity contribution is 0.630. The van der Waals surface area contributed by atoms with Crippen molar-refractivity contribution < 1.29 is 4.39 Å². The summed E-state index contributed by atoms with van der Waals surface area (Å²) in [5.74, 6) is -0.200. The molecule has 0 aliphatic heterocycles. The third kappa shape index (κ3) is 2.92. The highest BCUT2D eigenvalue weighted by Crippen LogP contribution is 2.31. The maximum absolute atomic E-state index is 14.3. The smallest absolute Gasteiger partial charge is 0.132 e. The van der Waals surface area contributed by atoms with E-state index < -0.39 is 0 Å². The molecular weight excluding hydrogens is 287 g/mol. The maximum Gasteiger partial charge on any atom is 0.132 e. The average molecular weight is 308 g/mol. The van der Waals surface area contributed by atoms with Crippen molar-refractivity contribution in [3.63, 3.8) is 0 Å². The fourth-order valence-corrected chi connectivity index (χ4v) is 2.92. The van der Waals surface area contributed by atoms with Crippen LogP contribution in [-0.2, 0) is 6.54 Å². The van der Waals surface area contributed by atoms with Crippen LogP contribution in [0.2, 0.25) is 0 Å². The summed E-state index contributed by atoms with van der Waals surface area (Å²) in [7, 11) is 1.92. The third-order valence-corrected chi connectivity index (χ3v) is 4.16. The summed E-state index contributed by atoms with van der Waals surface area (Å²) in [4.78, 5) is 0. The molecule has 0 bridgehead atoms. The second-order valence-corrected chi connectivity index (χ2v) is 5.82. The van der Waals surface area contributed by atoms with Gasteiger partial charge in [-0.1, -0.05) is 29.8 Å². The predicted molar refractivity (Wildman–Crippen MR) is 93.4 cm³/mol. The molecule has 0 radical (unpaired) electrons. The fraction of sp³-hybridized carbons (Fsp3) is 0.200. The Morgan fingerprint density at radius 2 is 1.70 bits per heavy atom. The Bertz CT molecular complexity index is 816. The largest absolute Gasteiger partial charge is 0.316 e. The molecule has 2 nitrogen and oxygen atoms in total. The summed E-state index contributed by atoms with van der Waals surface area (Å²) >= 11 is 0. The Labute approximate surface area is 136 Å². The molecular formula is C20H21FN2. The van der Waals surface area contributed by atoms with E-state index in [0.29, 0.717) is 5.56 Å². The van der Waals surface area contributed by atoms with Gasteiger partial charge in [-0.3, -0.25) is 0 Å². The van der Waals surface area contributed by atoms with E-state index in [0.717, 1.165) is 23.6 Å². The van der Waals surface area contributed by atoms with E-state index in [-0.39, 0.29) is 5.82 Å². The number of nitrogens with one attached hydrogen (secondary N) is 1. The van der Waals surface area contributed by atoms with Crippen molar-refractivity contribution in [2.24, 2.45) is 0 Å². The van der Waals surface area contributed by atoms with Gasteiger partial charge in [-0.05, 0) is 56.8 Å². The second kappa shape index (κ2) is 6.39. The van der Waals surface area contributed by atoms with Gasteiger partial charge in [0, 0.05) is 23.5 Å². The molecule has 3 aromatic rings. The first-order valence-corrected chi connectivity index (χ1v) is 7.79. The van der Waals surface area contributed by atoms with Gasteiger partial charge >= 0.3 is 0 Å². The standard InChI is InChI=1S/C20H21FN2/c1-14-8-10-17(11-9-14)23-15(2)16(13-22-3)12-20(23)18-6-4-5-7-19(18)21/h4-12,22H,13H2,1-3H3. The minimum Gasteiger partial charge on any atom is -0.316 e. The molecule has 2 aromatic carbocycles. The van der Waals surface area contributed by atoms with Gasteiger partial charge < -0.3 is 9.88 Å².